The summed E-state index contributed by atoms with van der Waals surface area (Å²) in [5.74, 6) is 0.553. The number of hydrogen-bond donors (Lipinski definition) is 1. The summed E-state index contributed by atoms with van der Waals surface area (Å²) in [4.78, 5) is 14.0. The molecule has 120 valence electrons. The minimum atomic E-state index is -0.908. The molecular formula is C15H21FN4O2. The zero-order valence-corrected chi connectivity index (χ0v) is 12.4. The standard InChI is InChI=1S/C15H21FN4O2/c16-11-8-12(20(10-11)14-5-3-6-18-19-14)9-17-15(21)13-4-1-2-7-22-13/h3,5-6,11-13H,1-2,4,7-10H2,(H,17,21)/t11-,12-,13+/m0/s1. The van der Waals surface area contributed by atoms with Gasteiger partial charge in [0.05, 0.1) is 12.6 Å². The van der Waals surface area contributed by atoms with Gasteiger partial charge in [-0.05, 0) is 31.4 Å². The van der Waals surface area contributed by atoms with E-state index >= 15 is 0 Å². The topological polar surface area (TPSA) is 67.4 Å². The molecule has 1 N–H and O–H groups in total. The van der Waals surface area contributed by atoms with Crippen molar-refractivity contribution in [3.05, 3.63) is 18.3 Å². The number of anilines is 1. The van der Waals surface area contributed by atoms with Gasteiger partial charge in [-0.25, -0.2) is 4.39 Å². The fourth-order valence-electron chi connectivity index (χ4n) is 3.06. The first-order valence-corrected chi connectivity index (χ1v) is 7.82. The largest absolute Gasteiger partial charge is 0.368 e. The van der Waals surface area contributed by atoms with Gasteiger partial charge in [0.25, 0.3) is 0 Å². The molecule has 0 unspecified atom stereocenters. The zero-order valence-electron chi connectivity index (χ0n) is 12.4. The van der Waals surface area contributed by atoms with E-state index in [2.05, 4.69) is 15.5 Å². The Morgan fingerprint density at radius 1 is 1.50 bits per heavy atom. The van der Waals surface area contributed by atoms with Crippen molar-refractivity contribution in [1.82, 2.24) is 15.5 Å². The molecule has 7 heteroatoms. The van der Waals surface area contributed by atoms with Crippen LogP contribution in [-0.2, 0) is 9.53 Å². The lowest BCUT2D eigenvalue weighted by molar-refractivity contribution is -0.135. The quantitative estimate of drug-likeness (QED) is 0.901. The molecule has 2 aliphatic rings. The van der Waals surface area contributed by atoms with Gasteiger partial charge < -0.3 is 15.0 Å². The number of carbonyl (C=O) groups is 1. The second-order valence-corrected chi connectivity index (χ2v) is 5.82. The Morgan fingerprint density at radius 3 is 3.14 bits per heavy atom. The number of ether oxygens (including phenoxy) is 1. The third kappa shape index (κ3) is 3.52. The lowest BCUT2D eigenvalue weighted by Crippen LogP contribution is -2.45. The fraction of sp³-hybridized carbons (Fsp3) is 0.667. The van der Waals surface area contributed by atoms with Gasteiger partial charge in [0.2, 0.25) is 5.91 Å². The molecule has 0 bridgehead atoms. The molecule has 0 saturated carbocycles. The van der Waals surface area contributed by atoms with E-state index in [9.17, 15) is 9.18 Å². The number of halogens is 1. The van der Waals surface area contributed by atoms with Crippen LogP contribution < -0.4 is 10.2 Å². The van der Waals surface area contributed by atoms with Crippen LogP contribution in [0.2, 0.25) is 0 Å². The van der Waals surface area contributed by atoms with E-state index in [0.29, 0.717) is 31.9 Å². The van der Waals surface area contributed by atoms with Crippen molar-refractivity contribution in [2.75, 3.05) is 24.6 Å². The Balaban J connectivity index is 1.57. The number of alkyl halides is 1. The maximum absolute atomic E-state index is 13.8. The minimum absolute atomic E-state index is 0.0962. The summed E-state index contributed by atoms with van der Waals surface area (Å²) >= 11 is 0. The van der Waals surface area contributed by atoms with Gasteiger partial charge in [-0.1, -0.05) is 0 Å². The van der Waals surface area contributed by atoms with E-state index in [-0.39, 0.29) is 18.1 Å². The molecule has 3 atom stereocenters. The Kier molecular flexibility index (Phi) is 4.82. The van der Waals surface area contributed by atoms with Crippen LogP contribution in [-0.4, -0.2) is 54.1 Å². The van der Waals surface area contributed by atoms with E-state index in [1.807, 2.05) is 11.0 Å². The molecule has 3 heterocycles. The lowest BCUT2D eigenvalue weighted by atomic mass is 10.1. The number of nitrogens with zero attached hydrogens (tertiary/aromatic N) is 3. The predicted molar refractivity (Wildman–Crippen MR) is 79.3 cm³/mol. The van der Waals surface area contributed by atoms with Gasteiger partial charge in [-0.15, -0.1) is 5.10 Å². The summed E-state index contributed by atoms with van der Waals surface area (Å²) in [6.45, 7) is 1.33. The van der Waals surface area contributed by atoms with Gasteiger partial charge in [-0.3, -0.25) is 4.79 Å². The van der Waals surface area contributed by atoms with Gasteiger partial charge in [0.1, 0.15) is 12.3 Å². The molecule has 0 spiro atoms. The third-order valence-electron chi connectivity index (χ3n) is 4.20. The maximum Gasteiger partial charge on any atom is 0.249 e. The summed E-state index contributed by atoms with van der Waals surface area (Å²) in [6.07, 6.45) is 3.49. The molecule has 2 saturated heterocycles. The van der Waals surface area contributed by atoms with Crippen molar-refractivity contribution in [2.24, 2.45) is 0 Å². The first-order chi connectivity index (χ1) is 10.7. The first kappa shape index (κ1) is 15.1. The van der Waals surface area contributed by atoms with Crippen molar-refractivity contribution in [1.29, 1.82) is 0 Å². The van der Waals surface area contributed by atoms with Crippen molar-refractivity contribution >= 4 is 11.7 Å². The first-order valence-electron chi connectivity index (χ1n) is 7.82. The van der Waals surface area contributed by atoms with E-state index in [0.717, 1.165) is 19.3 Å². The number of hydrogen-bond acceptors (Lipinski definition) is 5. The summed E-state index contributed by atoms with van der Waals surface area (Å²) in [7, 11) is 0. The van der Waals surface area contributed by atoms with Crippen LogP contribution in [0.5, 0.6) is 0 Å². The highest BCUT2D eigenvalue weighted by Gasteiger charge is 2.34. The van der Waals surface area contributed by atoms with Gasteiger partial charge in [0.15, 0.2) is 5.82 Å². The molecular weight excluding hydrogens is 287 g/mol. The Bertz CT molecular complexity index is 496. The third-order valence-corrected chi connectivity index (χ3v) is 4.20. The molecule has 0 radical (unpaired) electrons. The molecule has 0 aliphatic carbocycles. The number of aromatic nitrogens is 2. The van der Waals surface area contributed by atoms with Crippen LogP contribution in [0.15, 0.2) is 18.3 Å². The number of amides is 1. The normalized spacial score (nSPS) is 28.6. The van der Waals surface area contributed by atoms with Crippen molar-refractivity contribution in [2.45, 2.75) is 44.0 Å². The smallest absolute Gasteiger partial charge is 0.249 e. The van der Waals surface area contributed by atoms with E-state index in [1.54, 1.807) is 12.3 Å². The van der Waals surface area contributed by atoms with Crippen LogP contribution in [0.1, 0.15) is 25.7 Å². The van der Waals surface area contributed by atoms with Crippen LogP contribution in [0, 0.1) is 0 Å². The number of rotatable bonds is 4. The predicted octanol–water partition coefficient (Wildman–Crippen LogP) is 1.08. The van der Waals surface area contributed by atoms with Crippen molar-refractivity contribution in [3.63, 3.8) is 0 Å². The van der Waals surface area contributed by atoms with Gasteiger partial charge in [-0.2, -0.15) is 5.10 Å². The highest BCUT2D eigenvalue weighted by molar-refractivity contribution is 5.80. The SMILES string of the molecule is O=C(NC[C@@H]1C[C@H](F)CN1c1cccnn1)[C@H]1CCCCO1. The van der Waals surface area contributed by atoms with Crippen molar-refractivity contribution in [3.8, 4) is 0 Å². The Hall–Kier alpha value is -1.76. The fourth-order valence-corrected chi connectivity index (χ4v) is 3.06. The van der Waals surface area contributed by atoms with Gasteiger partial charge in [0, 0.05) is 25.8 Å². The molecule has 6 nitrogen and oxygen atoms in total. The average molecular weight is 308 g/mol. The van der Waals surface area contributed by atoms with Crippen molar-refractivity contribution < 1.29 is 13.9 Å². The molecule has 1 aromatic heterocycles. The zero-order chi connectivity index (χ0) is 15.4. The summed E-state index contributed by atoms with van der Waals surface area (Å²) in [5, 5.41) is 10.8. The molecule has 2 aliphatic heterocycles. The van der Waals surface area contributed by atoms with E-state index in [1.165, 1.54) is 0 Å². The molecule has 0 aromatic carbocycles. The molecule has 2 fully saturated rings. The summed E-state index contributed by atoms with van der Waals surface area (Å²) < 4.78 is 19.2. The minimum Gasteiger partial charge on any atom is -0.368 e. The van der Waals surface area contributed by atoms with Crippen LogP contribution >= 0.6 is 0 Å². The van der Waals surface area contributed by atoms with E-state index in [4.69, 9.17) is 4.74 Å². The average Bonchev–Trinajstić information content (AvgIpc) is 2.95. The highest BCUT2D eigenvalue weighted by Crippen LogP contribution is 2.25. The van der Waals surface area contributed by atoms with Crippen LogP contribution in [0.3, 0.4) is 0 Å². The maximum atomic E-state index is 13.8. The second kappa shape index (κ2) is 7.00. The van der Waals surface area contributed by atoms with Crippen LogP contribution in [0.4, 0.5) is 10.2 Å². The Labute approximate surface area is 129 Å². The monoisotopic (exact) mass is 308 g/mol. The molecule has 3 rings (SSSR count). The Morgan fingerprint density at radius 2 is 2.41 bits per heavy atom. The summed E-state index contributed by atoms with van der Waals surface area (Å²) in [6, 6.07) is 3.49. The second-order valence-electron chi connectivity index (χ2n) is 5.82. The molecule has 1 aromatic rings. The van der Waals surface area contributed by atoms with E-state index < -0.39 is 6.17 Å². The van der Waals surface area contributed by atoms with Crippen LogP contribution in [0.25, 0.3) is 0 Å². The van der Waals surface area contributed by atoms with Gasteiger partial charge >= 0.3 is 0 Å². The molecule has 1 amide bonds. The lowest BCUT2D eigenvalue weighted by Gasteiger charge is -2.26. The highest BCUT2D eigenvalue weighted by atomic mass is 19.1. The number of nitrogens with one attached hydrogen (secondary N) is 1. The summed E-state index contributed by atoms with van der Waals surface area (Å²) in [5.41, 5.74) is 0. The number of carbonyl (C=O) groups excluding carboxylic acids is 1. The molecule has 22 heavy (non-hydrogen) atoms.